The summed E-state index contributed by atoms with van der Waals surface area (Å²) < 4.78 is 0. The Morgan fingerprint density at radius 2 is 2.11 bits per heavy atom. The van der Waals surface area contributed by atoms with Crippen molar-refractivity contribution >= 4 is 11.8 Å². The highest BCUT2D eigenvalue weighted by Gasteiger charge is 2.39. The molecule has 0 spiro atoms. The molecule has 1 unspecified atom stereocenters. The molecular weight excluding hydrogens is 242 g/mol. The van der Waals surface area contributed by atoms with E-state index in [2.05, 4.69) is 10.3 Å². The van der Waals surface area contributed by atoms with Crippen LogP contribution in [0, 0.1) is 5.92 Å². The molecule has 1 aromatic heterocycles. The molecule has 2 heterocycles. The number of rotatable bonds is 4. The van der Waals surface area contributed by atoms with E-state index in [9.17, 15) is 9.59 Å². The zero-order valence-electron chi connectivity index (χ0n) is 10.7. The number of hydrogen-bond acceptors (Lipinski definition) is 3. The molecule has 1 atom stereocenters. The summed E-state index contributed by atoms with van der Waals surface area (Å²) >= 11 is 0. The molecule has 1 saturated heterocycles. The Hall–Kier alpha value is -1.91. The van der Waals surface area contributed by atoms with E-state index in [1.165, 1.54) is 0 Å². The molecule has 100 valence electrons. The molecule has 0 aromatic carbocycles. The number of carbonyl (C=O) groups excluding carboxylic acids is 2. The summed E-state index contributed by atoms with van der Waals surface area (Å²) in [4.78, 5) is 29.5. The van der Waals surface area contributed by atoms with Crippen LogP contribution in [0.1, 0.15) is 29.6 Å². The number of likely N-dealkylation sites (tertiary alicyclic amines) is 1. The first-order chi connectivity index (χ1) is 9.24. The minimum atomic E-state index is -0.0975. The average Bonchev–Trinajstić information content (AvgIpc) is 3.21. The number of aromatic nitrogens is 1. The topological polar surface area (TPSA) is 62.3 Å². The van der Waals surface area contributed by atoms with Crippen molar-refractivity contribution in [1.29, 1.82) is 0 Å². The third-order valence-corrected chi connectivity index (χ3v) is 3.72. The predicted molar refractivity (Wildman–Crippen MR) is 69.4 cm³/mol. The summed E-state index contributed by atoms with van der Waals surface area (Å²) in [5.41, 5.74) is 0.610. The normalized spacial score (nSPS) is 22.6. The Morgan fingerprint density at radius 1 is 1.37 bits per heavy atom. The molecule has 3 rings (SSSR count). The van der Waals surface area contributed by atoms with Crippen molar-refractivity contribution in [3.8, 4) is 0 Å². The summed E-state index contributed by atoms with van der Waals surface area (Å²) in [6.07, 6.45) is 6.04. The molecule has 1 aliphatic carbocycles. The number of nitrogens with zero attached hydrogens (tertiary/aromatic N) is 2. The number of pyridine rings is 1. The fraction of sp³-hybridized carbons (Fsp3) is 0.500. The predicted octanol–water partition coefficient (Wildman–Crippen LogP) is 0.822. The van der Waals surface area contributed by atoms with Crippen LogP contribution in [0.3, 0.4) is 0 Å². The summed E-state index contributed by atoms with van der Waals surface area (Å²) in [6, 6.07) is 3.85. The monoisotopic (exact) mass is 259 g/mol. The average molecular weight is 259 g/mol. The van der Waals surface area contributed by atoms with Gasteiger partial charge < -0.3 is 10.2 Å². The van der Waals surface area contributed by atoms with Crippen LogP contribution in [0.25, 0.3) is 0 Å². The van der Waals surface area contributed by atoms with Crippen LogP contribution < -0.4 is 5.32 Å². The van der Waals surface area contributed by atoms with E-state index in [0.717, 1.165) is 19.4 Å². The van der Waals surface area contributed by atoms with E-state index in [4.69, 9.17) is 0 Å². The number of hydrogen-bond donors (Lipinski definition) is 1. The lowest BCUT2D eigenvalue weighted by Crippen LogP contribution is -2.32. The fourth-order valence-electron chi connectivity index (χ4n) is 2.53. The lowest BCUT2D eigenvalue weighted by atomic mass is 10.1. The first-order valence-electron chi connectivity index (χ1n) is 6.72. The maximum Gasteiger partial charge on any atom is 0.251 e. The minimum absolute atomic E-state index is 0.0975. The molecule has 1 aliphatic heterocycles. The van der Waals surface area contributed by atoms with Crippen LogP contribution >= 0.6 is 0 Å². The second kappa shape index (κ2) is 4.99. The molecule has 2 amide bonds. The quantitative estimate of drug-likeness (QED) is 0.871. The van der Waals surface area contributed by atoms with Gasteiger partial charge in [0, 0.05) is 49.4 Å². The van der Waals surface area contributed by atoms with Crippen LogP contribution in [-0.2, 0) is 4.79 Å². The van der Waals surface area contributed by atoms with Gasteiger partial charge in [0.1, 0.15) is 0 Å². The highest BCUT2D eigenvalue weighted by Crippen LogP contribution is 2.32. The van der Waals surface area contributed by atoms with E-state index in [1.54, 1.807) is 24.5 Å². The van der Waals surface area contributed by atoms with Crippen LogP contribution in [0.4, 0.5) is 0 Å². The van der Waals surface area contributed by atoms with Gasteiger partial charge in [0.15, 0.2) is 0 Å². The zero-order chi connectivity index (χ0) is 13.2. The van der Waals surface area contributed by atoms with Crippen molar-refractivity contribution in [2.75, 3.05) is 13.1 Å². The molecule has 1 aromatic rings. The standard InChI is InChI=1S/C14H17N3O2/c18-13-7-10(9-17(13)12-1-2-12)8-16-14(19)11-3-5-15-6-4-11/h3-6,10,12H,1-2,7-9H2,(H,16,19). The van der Waals surface area contributed by atoms with Crippen molar-refractivity contribution in [3.05, 3.63) is 30.1 Å². The van der Waals surface area contributed by atoms with Gasteiger partial charge in [0.05, 0.1) is 0 Å². The molecule has 5 heteroatoms. The number of amides is 2. The summed E-state index contributed by atoms with van der Waals surface area (Å²) in [5.74, 6) is 0.393. The largest absolute Gasteiger partial charge is 0.352 e. The highest BCUT2D eigenvalue weighted by molar-refractivity contribution is 5.94. The minimum Gasteiger partial charge on any atom is -0.352 e. The molecule has 2 fully saturated rings. The molecule has 1 saturated carbocycles. The lowest BCUT2D eigenvalue weighted by molar-refractivity contribution is -0.128. The highest BCUT2D eigenvalue weighted by atomic mass is 16.2. The van der Waals surface area contributed by atoms with Crippen LogP contribution in [0.15, 0.2) is 24.5 Å². The maximum absolute atomic E-state index is 11.9. The van der Waals surface area contributed by atoms with Gasteiger partial charge in [0.25, 0.3) is 5.91 Å². The Balaban J connectivity index is 1.50. The van der Waals surface area contributed by atoms with Gasteiger partial charge in [-0.05, 0) is 25.0 Å². The van der Waals surface area contributed by atoms with Crippen molar-refractivity contribution in [1.82, 2.24) is 15.2 Å². The van der Waals surface area contributed by atoms with Crippen LogP contribution in [0.5, 0.6) is 0 Å². The SMILES string of the molecule is O=C(NCC1CC(=O)N(C2CC2)C1)c1ccncc1. The summed E-state index contributed by atoms with van der Waals surface area (Å²) in [5, 5.41) is 2.90. The second-order valence-corrected chi connectivity index (χ2v) is 5.29. The van der Waals surface area contributed by atoms with E-state index >= 15 is 0 Å². The van der Waals surface area contributed by atoms with Crippen LogP contribution in [-0.4, -0.2) is 40.8 Å². The van der Waals surface area contributed by atoms with Crippen LogP contribution in [0.2, 0.25) is 0 Å². The maximum atomic E-state index is 11.9. The van der Waals surface area contributed by atoms with Gasteiger partial charge in [-0.2, -0.15) is 0 Å². The summed E-state index contributed by atoms with van der Waals surface area (Å²) in [7, 11) is 0. The zero-order valence-corrected chi connectivity index (χ0v) is 10.7. The van der Waals surface area contributed by atoms with Crippen molar-refractivity contribution < 1.29 is 9.59 Å². The second-order valence-electron chi connectivity index (χ2n) is 5.29. The molecule has 0 bridgehead atoms. The fourth-order valence-corrected chi connectivity index (χ4v) is 2.53. The number of nitrogens with one attached hydrogen (secondary N) is 1. The van der Waals surface area contributed by atoms with E-state index in [1.807, 2.05) is 4.90 Å². The van der Waals surface area contributed by atoms with Gasteiger partial charge >= 0.3 is 0 Å². The Bertz CT molecular complexity index is 485. The molecule has 0 radical (unpaired) electrons. The summed E-state index contributed by atoms with van der Waals surface area (Å²) in [6.45, 7) is 1.36. The first kappa shape index (κ1) is 12.1. The van der Waals surface area contributed by atoms with Crippen molar-refractivity contribution in [3.63, 3.8) is 0 Å². The molecular formula is C14H17N3O2. The molecule has 2 aliphatic rings. The van der Waals surface area contributed by atoms with E-state index < -0.39 is 0 Å². The smallest absolute Gasteiger partial charge is 0.251 e. The Labute approximate surface area is 112 Å². The van der Waals surface area contributed by atoms with Gasteiger partial charge in [-0.25, -0.2) is 0 Å². The van der Waals surface area contributed by atoms with Gasteiger partial charge in [-0.15, -0.1) is 0 Å². The van der Waals surface area contributed by atoms with E-state index in [-0.39, 0.29) is 17.7 Å². The van der Waals surface area contributed by atoms with Gasteiger partial charge in [-0.3, -0.25) is 14.6 Å². The molecule has 5 nitrogen and oxygen atoms in total. The van der Waals surface area contributed by atoms with E-state index in [0.29, 0.717) is 24.6 Å². The van der Waals surface area contributed by atoms with Crippen molar-refractivity contribution in [2.45, 2.75) is 25.3 Å². The third-order valence-electron chi connectivity index (χ3n) is 3.72. The Morgan fingerprint density at radius 3 is 2.79 bits per heavy atom. The molecule has 19 heavy (non-hydrogen) atoms. The molecule has 1 N–H and O–H groups in total. The van der Waals surface area contributed by atoms with Gasteiger partial charge in [0.2, 0.25) is 5.91 Å². The van der Waals surface area contributed by atoms with Gasteiger partial charge in [-0.1, -0.05) is 0 Å². The lowest BCUT2D eigenvalue weighted by Gasteiger charge is -2.15. The Kier molecular flexibility index (Phi) is 3.19. The number of carbonyl (C=O) groups is 2. The van der Waals surface area contributed by atoms with Crippen molar-refractivity contribution in [2.24, 2.45) is 5.92 Å². The first-order valence-corrected chi connectivity index (χ1v) is 6.72. The third kappa shape index (κ3) is 2.75.